The monoisotopic (exact) mass is 432 g/mol. The second kappa shape index (κ2) is 10.5. The van der Waals surface area contributed by atoms with Gasteiger partial charge < -0.3 is 16.0 Å². The van der Waals surface area contributed by atoms with Crippen LogP contribution in [0.25, 0.3) is 0 Å². The number of carbonyl (C=O) groups excluding carboxylic acids is 1. The zero-order chi connectivity index (χ0) is 16.6. The van der Waals surface area contributed by atoms with Gasteiger partial charge in [-0.1, -0.05) is 30.3 Å². The summed E-state index contributed by atoms with van der Waals surface area (Å²) in [6, 6.07) is 10.3. The largest absolute Gasteiger partial charge is 0.359 e. The van der Waals surface area contributed by atoms with Crippen LogP contribution >= 0.6 is 24.0 Å². The molecule has 0 fully saturated rings. The normalized spacial score (nSPS) is 12.8. The fourth-order valence-corrected chi connectivity index (χ4v) is 2.04. The number of amides is 1. The summed E-state index contributed by atoms with van der Waals surface area (Å²) in [4.78, 5) is 16.4. The Balaban J connectivity index is 0.00000484. The SMILES string of the molecule is CCNC(=NCC(C)(C)C(=O)NC)NC(C)c1ccccc1.I. The summed E-state index contributed by atoms with van der Waals surface area (Å²) in [6.07, 6.45) is 0. The number of nitrogens with zero attached hydrogens (tertiary/aromatic N) is 1. The van der Waals surface area contributed by atoms with Crippen LogP contribution in [0.3, 0.4) is 0 Å². The lowest BCUT2D eigenvalue weighted by molar-refractivity contribution is -0.128. The molecule has 3 N–H and O–H groups in total. The third kappa shape index (κ3) is 7.20. The first kappa shape index (κ1) is 21.7. The Morgan fingerprint density at radius 2 is 1.87 bits per heavy atom. The van der Waals surface area contributed by atoms with Gasteiger partial charge >= 0.3 is 0 Å². The molecule has 1 unspecified atom stereocenters. The van der Waals surface area contributed by atoms with Gasteiger partial charge in [0, 0.05) is 13.6 Å². The van der Waals surface area contributed by atoms with Crippen LogP contribution in [0.5, 0.6) is 0 Å². The van der Waals surface area contributed by atoms with Crippen LogP contribution in [0, 0.1) is 5.41 Å². The van der Waals surface area contributed by atoms with E-state index in [2.05, 4.69) is 40.0 Å². The third-order valence-electron chi connectivity index (χ3n) is 3.47. The molecule has 0 radical (unpaired) electrons. The molecular formula is C17H29IN4O. The quantitative estimate of drug-likeness (QED) is 0.368. The van der Waals surface area contributed by atoms with Gasteiger partial charge in [-0.05, 0) is 33.3 Å². The number of nitrogens with one attached hydrogen (secondary N) is 3. The Labute approximate surface area is 156 Å². The topological polar surface area (TPSA) is 65.5 Å². The summed E-state index contributed by atoms with van der Waals surface area (Å²) < 4.78 is 0. The standard InChI is InChI=1S/C17H28N4O.HI/c1-6-19-16(20-12-17(3,4)15(22)18-5)21-13(2)14-10-8-7-9-11-14;/h7-11,13H,6,12H2,1-5H3,(H,18,22)(H2,19,20,21);1H. The summed E-state index contributed by atoms with van der Waals surface area (Å²) in [5.41, 5.74) is 0.659. The number of halogens is 1. The van der Waals surface area contributed by atoms with E-state index in [1.54, 1.807) is 7.05 Å². The average Bonchev–Trinajstić information content (AvgIpc) is 2.52. The van der Waals surface area contributed by atoms with Gasteiger partial charge in [0.05, 0.1) is 18.0 Å². The highest BCUT2D eigenvalue weighted by molar-refractivity contribution is 14.0. The fourth-order valence-electron chi connectivity index (χ4n) is 2.04. The molecule has 0 aliphatic carbocycles. The van der Waals surface area contributed by atoms with E-state index in [-0.39, 0.29) is 35.9 Å². The Morgan fingerprint density at radius 3 is 2.39 bits per heavy atom. The van der Waals surface area contributed by atoms with Gasteiger partial charge in [-0.2, -0.15) is 0 Å². The minimum absolute atomic E-state index is 0. The molecule has 0 aliphatic rings. The first-order valence-corrected chi connectivity index (χ1v) is 7.72. The van der Waals surface area contributed by atoms with Crippen molar-refractivity contribution < 1.29 is 4.79 Å². The summed E-state index contributed by atoms with van der Waals surface area (Å²) in [5, 5.41) is 9.27. The minimum atomic E-state index is -0.535. The Morgan fingerprint density at radius 1 is 1.26 bits per heavy atom. The summed E-state index contributed by atoms with van der Waals surface area (Å²) in [7, 11) is 1.65. The van der Waals surface area contributed by atoms with Crippen molar-refractivity contribution in [3.63, 3.8) is 0 Å². The molecule has 0 aromatic heterocycles. The maximum absolute atomic E-state index is 11.8. The second-order valence-corrected chi connectivity index (χ2v) is 5.93. The van der Waals surface area contributed by atoms with Crippen molar-refractivity contribution in [1.82, 2.24) is 16.0 Å². The highest BCUT2D eigenvalue weighted by Crippen LogP contribution is 2.16. The van der Waals surface area contributed by atoms with Crippen molar-refractivity contribution >= 4 is 35.8 Å². The molecule has 1 rings (SSSR count). The number of hydrogen-bond donors (Lipinski definition) is 3. The van der Waals surface area contributed by atoms with E-state index in [0.717, 1.165) is 12.5 Å². The minimum Gasteiger partial charge on any atom is -0.359 e. The van der Waals surface area contributed by atoms with Crippen molar-refractivity contribution in [3.8, 4) is 0 Å². The average molecular weight is 432 g/mol. The lowest BCUT2D eigenvalue weighted by Gasteiger charge is -2.22. The van der Waals surface area contributed by atoms with E-state index in [0.29, 0.717) is 6.54 Å². The van der Waals surface area contributed by atoms with Gasteiger partial charge in [0.1, 0.15) is 0 Å². The van der Waals surface area contributed by atoms with Gasteiger partial charge in [0.25, 0.3) is 0 Å². The molecule has 0 saturated heterocycles. The highest BCUT2D eigenvalue weighted by Gasteiger charge is 2.26. The number of benzene rings is 1. The predicted molar refractivity (Wildman–Crippen MR) is 107 cm³/mol. The zero-order valence-electron chi connectivity index (χ0n) is 14.6. The molecular weight excluding hydrogens is 403 g/mol. The molecule has 0 spiro atoms. The van der Waals surface area contributed by atoms with Crippen LogP contribution < -0.4 is 16.0 Å². The molecule has 1 aromatic carbocycles. The van der Waals surface area contributed by atoms with E-state index < -0.39 is 5.41 Å². The maximum Gasteiger partial charge on any atom is 0.227 e. The summed E-state index contributed by atoms with van der Waals surface area (Å²) in [6.45, 7) is 9.08. The van der Waals surface area contributed by atoms with Gasteiger partial charge in [-0.25, -0.2) is 0 Å². The van der Waals surface area contributed by atoms with Crippen molar-refractivity contribution in [3.05, 3.63) is 35.9 Å². The van der Waals surface area contributed by atoms with E-state index in [1.807, 2.05) is 39.0 Å². The molecule has 23 heavy (non-hydrogen) atoms. The number of rotatable bonds is 6. The Kier molecular flexibility index (Phi) is 9.87. The van der Waals surface area contributed by atoms with E-state index >= 15 is 0 Å². The smallest absolute Gasteiger partial charge is 0.227 e. The number of guanidine groups is 1. The van der Waals surface area contributed by atoms with Gasteiger partial charge in [-0.15, -0.1) is 24.0 Å². The lowest BCUT2D eigenvalue weighted by atomic mass is 9.93. The van der Waals surface area contributed by atoms with Crippen molar-refractivity contribution in [1.29, 1.82) is 0 Å². The van der Waals surface area contributed by atoms with Crippen LogP contribution in [-0.2, 0) is 4.79 Å². The second-order valence-electron chi connectivity index (χ2n) is 5.93. The van der Waals surface area contributed by atoms with Crippen molar-refractivity contribution in [2.75, 3.05) is 20.1 Å². The number of hydrogen-bond acceptors (Lipinski definition) is 2. The fraction of sp³-hybridized carbons (Fsp3) is 0.529. The number of carbonyl (C=O) groups is 1. The molecule has 1 amide bonds. The van der Waals surface area contributed by atoms with Crippen LogP contribution in [0.15, 0.2) is 35.3 Å². The molecule has 1 atom stereocenters. The first-order valence-electron chi connectivity index (χ1n) is 7.72. The molecule has 0 heterocycles. The van der Waals surface area contributed by atoms with Crippen LogP contribution in [0.4, 0.5) is 0 Å². The predicted octanol–water partition coefficient (Wildman–Crippen LogP) is 2.69. The molecule has 0 aliphatic heterocycles. The Hall–Kier alpha value is -1.31. The van der Waals surface area contributed by atoms with Gasteiger partial charge in [-0.3, -0.25) is 9.79 Å². The molecule has 130 valence electrons. The van der Waals surface area contributed by atoms with Gasteiger partial charge in [0.15, 0.2) is 5.96 Å². The molecule has 1 aromatic rings. The lowest BCUT2D eigenvalue weighted by Crippen LogP contribution is -2.41. The van der Waals surface area contributed by atoms with Crippen LogP contribution in [0.1, 0.15) is 39.3 Å². The maximum atomic E-state index is 11.8. The first-order chi connectivity index (χ1) is 10.4. The number of aliphatic imine (C=N–C) groups is 1. The molecule has 5 nitrogen and oxygen atoms in total. The third-order valence-corrected chi connectivity index (χ3v) is 3.47. The molecule has 6 heteroatoms. The Bertz CT molecular complexity index is 503. The summed E-state index contributed by atoms with van der Waals surface area (Å²) >= 11 is 0. The van der Waals surface area contributed by atoms with Crippen molar-refractivity contribution in [2.45, 2.75) is 33.7 Å². The molecule has 0 saturated carbocycles. The van der Waals surface area contributed by atoms with E-state index in [4.69, 9.17) is 0 Å². The van der Waals surface area contributed by atoms with E-state index in [1.165, 1.54) is 5.56 Å². The van der Waals surface area contributed by atoms with Crippen molar-refractivity contribution in [2.24, 2.45) is 10.4 Å². The van der Waals surface area contributed by atoms with Gasteiger partial charge in [0.2, 0.25) is 5.91 Å². The highest BCUT2D eigenvalue weighted by atomic mass is 127. The van der Waals surface area contributed by atoms with E-state index in [9.17, 15) is 4.79 Å². The molecule has 0 bridgehead atoms. The van der Waals surface area contributed by atoms with Crippen LogP contribution in [-0.4, -0.2) is 32.0 Å². The summed E-state index contributed by atoms with van der Waals surface area (Å²) in [5.74, 6) is 0.707. The van der Waals surface area contributed by atoms with Crippen LogP contribution in [0.2, 0.25) is 0 Å². The zero-order valence-corrected chi connectivity index (χ0v) is 17.0.